The number of fused-ring (bicyclic) bond motifs is 8. The zero-order valence-corrected chi connectivity index (χ0v) is 22.2. The quantitative estimate of drug-likeness (QED) is 0.551. The Morgan fingerprint density at radius 1 is 0.923 bits per heavy atom. The van der Waals surface area contributed by atoms with Crippen LogP contribution in [0.15, 0.2) is 44.8 Å². The van der Waals surface area contributed by atoms with Crippen molar-refractivity contribution in [2.24, 2.45) is 17.8 Å². The highest BCUT2D eigenvalue weighted by molar-refractivity contribution is 5.75. The molecule has 5 heterocycles. The molecule has 3 saturated heterocycles. The van der Waals surface area contributed by atoms with Crippen molar-refractivity contribution >= 4 is 11.0 Å². The monoisotopic (exact) mass is 532 g/mol. The van der Waals surface area contributed by atoms with Gasteiger partial charge in [-0.15, -0.1) is 0 Å². The summed E-state index contributed by atoms with van der Waals surface area (Å²) in [4.78, 5) is 47.8. The lowest BCUT2D eigenvalue weighted by Crippen LogP contribution is -2.57. The lowest BCUT2D eigenvalue weighted by atomic mass is 9.75. The molecule has 4 bridgehead atoms. The highest BCUT2D eigenvalue weighted by Gasteiger charge is 2.44. The molecule has 10 nitrogen and oxygen atoms in total. The third-order valence-corrected chi connectivity index (χ3v) is 9.76. The van der Waals surface area contributed by atoms with Gasteiger partial charge in [-0.25, -0.2) is 9.78 Å². The number of hydrogen-bond acceptors (Lipinski definition) is 7. The van der Waals surface area contributed by atoms with Crippen LogP contribution in [0.25, 0.3) is 16.9 Å². The number of benzene rings is 1. The van der Waals surface area contributed by atoms with Gasteiger partial charge in [-0.3, -0.25) is 19.5 Å². The number of aromatic amines is 1. The van der Waals surface area contributed by atoms with Gasteiger partial charge in [0.1, 0.15) is 6.20 Å². The van der Waals surface area contributed by atoms with E-state index in [0.717, 1.165) is 47.6 Å². The summed E-state index contributed by atoms with van der Waals surface area (Å²) in [5, 5.41) is 3.95. The van der Waals surface area contributed by atoms with Crippen LogP contribution in [0, 0.1) is 17.8 Å². The van der Waals surface area contributed by atoms with Crippen LogP contribution in [0.2, 0.25) is 0 Å². The summed E-state index contributed by atoms with van der Waals surface area (Å²) in [6.07, 6.45) is 12.1. The lowest BCUT2D eigenvalue weighted by molar-refractivity contribution is -0.0665. The van der Waals surface area contributed by atoms with Crippen LogP contribution in [-0.4, -0.2) is 61.1 Å². The van der Waals surface area contributed by atoms with Crippen molar-refractivity contribution in [1.82, 2.24) is 29.2 Å². The molecule has 2 saturated carbocycles. The highest BCUT2D eigenvalue weighted by Crippen LogP contribution is 2.44. The first-order valence-electron chi connectivity index (χ1n) is 14.6. The van der Waals surface area contributed by atoms with E-state index in [1.165, 1.54) is 44.9 Å². The summed E-state index contributed by atoms with van der Waals surface area (Å²) in [7, 11) is 0. The summed E-state index contributed by atoms with van der Waals surface area (Å²) < 4.78 is 8.91. The predicted molar refractivity (Wildman–Crippen MR) is 146 cm³/mol. The summed E-state index contributed by atoms with van der Waals surface area (Å²) in [6, 6.07) is 8.37. The van der Waals surface area contributed by atoms with Gasteiger partial charge in [0.25, 0.3) is 11.1 Å². The molecule has 0 amide bonds. The van der Waals surface area contributed by atoms with Crippen molar-refractivity contribution in [3.63, 3.8) is 0 Å². The molecule has 39 heavy (non-hydrogen) atoms. The molecular formula is C29H36N6O4. The minimum absolute atomic E-state index is 0.0429. The maximum absolute atomic E-state index is 14.1. The van der Waals surface area contributed by atoms with Crippen molar-refractivity contribution in [3.05, 3.63) is 61.7 Å². The van der Waals surface area contributed by atoms with Gasteiger partial charge in [0.2, 0.25) is 5.82 Å². The van der Waals surface area contributed by atoms with E-state index in [-0.39, 0.29) is 29.4 Å². The summed E-state index contributed by atoms with van der Waals surface area (Å²) in [6.45, 7) is 2.33. The van der Waals surface area contributed by atoms with Crippen LogP contribution in [0.5, 0.6) is 0 Å². The molecule has 5 fully saturated rings. The van der Waals surface area contributed by atoms with Gasteiger partial charge in [-0.05, 0) is 62.0 Å². The molecule has 1 aromatic carbocycles. The Labute approximate surface area is 226 Å². The fourth-order valence-corrected chi connectivity index (χ4v) is 8.06. The molecular weight excluding hydrogens is 496 g/mol. The smallest absolute Gasteiger partial charge is 0.351 e. The number of nitrogens with one attached hydrogen (secondary N) is 1. The standard InChI is InChI=1S/C29H36N6O4/c36-26-15-30-35(29(38)32-26)27-28(37)34(24-8-4-3-7-23(24)31-27)25-14-22-17-39-10-9-20(25)16-33(22)21-12-18-5-1-2-6-19(11-18)13-21/h3-4,7-8,15,18-22,25H,1-2,5-6,9-14,16-17H2,(H,32,36,38)/t18-,19+,20?,21-,22-,25-/m0/s1. The zero-order valence-electron chi connectivity index (χ0n) is 22.2. The van der Waals surface area contributed by atoms with E-state index in [0.29, 0.717) is 24.8 Å². The molecule has 206 valence electrons. The Morgan fingerprint density at radius 2 is 1.72 bits per heavy atom. The molecule has 2 aromatic heterocycles. The molecule has 10 heteroatoms. The number of rotatable bonds is 3. The van der Waals surface area contributed by atoms with Crippen LogP contribution in [0.3, 0.4) is 0 Å². The van der Waals surface area contributed by atoms with E-state index in [1.807, 2.05) is 28.8 Å². The Kier molecular flexibility index (Phi) is 6.47. The van der Waals surface area contributed by atoms with Crippen molar-refractivity contribution in [2.45, 2.75) is 75.9 Å². The Hall–Kier alpha value is -3.11. The molecule has 0 radical (unpaired) electrons. The van der Waals surface area contributed by atoms with E-state index in [2.05, 4.69) is 20.0 Å². The predicted octanol–water partition coefficient (Wildman–Crippen LogP) is 2.64. The SMILES string of the molecule is O=c1cnn(-c2nc3ccccc3n([C@H]3C[C@H]4COCCC3CN4[C@@H]3C[C@@H]4CCCC[C@@H](C4)C3)c2=O)c(=O)[nH]1. The Morgan fingerprint density at radius 3 is 2.51 bits per heavy atom. The fraction of sp³-hybridized carbons (Fsp3) is 0.621. The maximum atomic E-state index is 14.1. The number of H-pyrrole nitrogens is 1. The fourth-order valence-electron chi connectivity index (χ4n) is 8.06. The number of aromatic nitrogens is 5. The summed E-state index contributed by atoms with van der Waals surface area (Å²) >= 11 is 0. The maximum Gasteiger partial charge on any atom is 0.351 e. The molecule has 1 N–H and O–H groups in total. The Bertz CT molecular complexity index is 1530. The first-order chi connectivity index (χ1) is 19.0. The zero-order chi connectivity index (χ0) is 26.5. The van der Waals surface area contributed by atoms with Crippen molar-refractivity contribution in [2.75, 3.05) is 19.8 Å². The molecule has 6 atom stereocenters. The van der Waals surface area contributed by atoms with E-state index < -0.39 is 11.2 Å². The van der Waals surface area contributed by atoms with Gasteiger partial charge in [-0.1, -0.05) is 37.8 Å². The normalized spacial score (nSPS) is 31.5. The van der Waals surface area contributed by atoms with Gasteiger partial charge < -0.3 is 9.30 Å². The minimum Gasteiger partial charge on any atom is -0.380 e. The molecule has 2 aliphatic carbocycles. The summed E-state index contributed by atoms with van der Waals surface area (Å²) in [5.74, 6) is 1.84. The highest BCUT2D eigenvalue weighted by atomic mass is 16.5. The third-order valence-electron chi connectivity index (χ3n) is 9.76. The average molecular weight is 533 g/mol. The molecule has 0 spiro atoms. The first kappa shape index (κ1) is 24.9. The molecule has 5 aliphatic rings. The lowest BCUT2D eigenvalue weighted by Gasteiger charge is -2.51. The van der Waals surface area contributed by atoms with E-state index in [4.69, 9.17) is 4.74 Å². The van der Waals surface area contributed by atoms with E-state index >= 15 is 0 Å². The first-order valence-corrected chi connectivity index (χ1v) is 14.6. The number of nitrogens with zero attached hydrogens (tertiary/aromatic N) is 5. The molecule has 3 aromatic rings. The minimum atomic E-state index is -0.772. The van der Waals surface area contributed by atoms with Gasteiger partial charge in [0.15, 0.2) is 0 Å². The van der Waals surface area contributed by atoms with Crippen LogP contribution < -0.4 is 16.8 Å². The molecule has 3 aliphatic heterocycles. The van der Waals surface area contributed by atoms with Crippen LogP contribution in [0.1, 0.15) is 63.8 Å². The second-order valence-electron chi connectivity index (χ2n) is 12.1. The Balaban J connectivity index is 1.29. The van der Waals surface area contributed by atoms with Gasteiger partial charge in [-0.2, -0.15) is 9.78 Å². The number of hydrogen-bond donors (Lipinski definition) is 1. The van der Waals surface area contributed by atoms with Gasteiger partial charge in [0.05, 0.1) is 17.6 Å². The number of ether oxygens (including phenoxy) is 1. The van der Waals surface area contributed by atoms with Crippen molar-refractivity contribution in [1.29, 1.82) is 0 Å². The van der Waals surface area contributed by atoms with Crippen molar-refractivity contribution < 1.29 is 4.74 Å². The van der Waals surface area contributed by atoms with Crippen LogP contribution in [-0.2, 0) is 4.74 Å². The van der Waals surface area contributed by atoms with E-state index in [9.17, 15) is 14.4 Å². The van der Waals surface area contributed by atoms with E-state index in [1.54, 1.807) is 0 Å². The van der Waals surface area contributed by atoms with Crippen LogP contribution in [0.4, 0.5) is 0 Å². The molecule has 8 rings (SSSR count). The van der Waals surface area contributed by atoms with Gasteiger partial charge in [0, 0.05) is 31.3 Å². The summed E-state index contributed by atoms with van der Waals surface area (Å²) in [5.41, 5.74) is -0.364. The second-order valence-corrected chi connectivity index (χ2v) is 12.1. The van der Waals surface area contributed by atoms with Crippen molar-refractivity contribution in [3.8, 4) is 5.82 Å². The van der Waals surface area contributed by atoms with Crippen LogP contribution >= 0.6 is 0 Å². The number of para-hydroxylation sites is 2. The molecule has 1 unspecified atom stereocenters. The third kappa shape index (κ3) is 4.57. The second kappa shape index (κ2) is 10.1. The largest absolute Gasteiger partial charge is 0.380 e. The topological polar surface area (TPSA) is 115 Å². The van der Waals surface area contributed by atoms with Gasteiger partial charge >= 0.3 is 5.69 Å². The number of piperidine rings is 1. The average Bonchev–Trinajstić information content (AvgIpc) is 3.08.